The molecule has 7 nitrogen and oxygen atoms in total. The number of benzene rings is 1. The lowest BCUT2D eigenvalue weighted by atomic mass is 9.89. The van der Waals surface area contributed by atoms with Gasteiger partial charge in [-0.25, -0.2) is 9.79 Å². The third-order valence-corrected chi connectivity index (χ3v) is 7.87. The van der Waals surface area contributed by atoms with Gasteiger partial charge in [0, 0.05) is 34.9 Å². The maximum Gasteiger partial charge on any atom is 0.409 e. The van der Waals surface area contributed by atoms with E-state index in [-0.39, 0.29) is 18.5 Å². The Morgan fingerprint density at radius 2 is 2.08 bits per heavy atom. The van der Waals surface area contributed by atoms with Crippen LogP contribution in [0.5, 0.6) is 11.5 Å². The van der Waals surface area contributed by atoms with Gasteiger partial charge in [-0.15, -0.1) is 0 Å². The number of nitrogens with zero attached hydrogens (tertiary/aromatic N) is 2. The van der Waals surface area contributed by atoms with E-state index in [1.165, 1.54) is 0 Å². The molecule has 208 valence electrons. The average molecular weight is 559 g/mol. The van der Waals surface area contributed by atoms with E-state index >= 15 is 0 Å². The van der Waals surface area contributed by atoms with E-state index in [2.05, 4.69) is 17.5 Å². The Bertz CT molecular complexity index is 1470. The van der Waals surface area contributed by atoms with Crippen molar-refractivity contribution in [3.63, 3.8) is 0 Å². The minimum atomic E-state index is -0.255. The molecule has 1 saturated heterocycles. The van der Waals surface area contributed by atoms with E-state index in [0.717, 1.165) is 63.3 Å². The first kappa shape index (κ1) is 27.6. The summed E-state index contributed by atoms with van der Waals surface area (Å²) in [4.78, 5) is 32.2. The van der Waals surface area contributed by atoms with Gasteiger partial charge in [-0.1, -0.05) is 17.7 Å². The van der Waals surface area contributed by atoms with Crippen molar-refractivity contribution < 1.29 is 23.8 Å². The Kier molecular flexibility index (Phi) is 8.35. The summed E-state index contributed by atoms with van der Waals surface area (Å²) in [6.07, 6.45) is 7.95. The average Bonchev–Trinajstić information content (AvgIpc) is 3.69. The number of fused-ring (bicyclic) bond motifs is 2. The molecule has 0 saturated carbocycles. The molecule has 2 aromatic rings. The molecule has 1 aromatic heterocycles. The molecular formula is C32H34N2O5S. The van der Waals surface area contributed by atoms with Crippen LogP contribution in [-0.2, 0) is 9.53 Å². The Labute approximate surface area is 239 Å². The number of hydrogen-bond donors (Lipinski definition) is 0. The van der Waals surface area contributed by atoms with Gasteiger partial charge in [0.1, 0.15) is 30.4 Å². The van der Waals surface area contributed by atoms with Gasteiger partial charge in [-0.05, 0) is 80.1 Å². The van der Waals surface area contributed by atoms with Crippen molar-refractivity contribution >= 4 is 46.7 Å². The largest absolute Gasteiger partial charge is 0.496 e. The van der Waals surface area contributed by atoms with Crippen LogP contribution in [0.1, 0.15) is 56.7 Å². The van der Waals surface area contributed by atoms with Crippen LogP contribution in [0.2, 0.25) is 0 Å². The number of carbonyl (C=O) groups is 2. The first-order valence-corrected chi connectivity index (χ1v) is 14.5. The van der Waals surface area contributed by atoms with Crippen molar-refractivity contribution in [2.45, 2.75) is 40.0 Å². The number of hydrogen-bond acceptors (Lipinski definition) is 7. The Morgan fingerprint density at radius 1 is 1.23 bits per heavy atom. The van der Waals surface area contributed by atoms with Gasteiger partial charge in [0.05, 0.1) is 19.4 Å². The number of carbonyl (C=O) groups excluding carboxylic acids is 2. The predicted molar refractivity (Wildman–Crippen MR) is 160 cm³/mol. The molecule has 3 aliphatic heterocycles. The minimum Gasteiger partial charge on any atom is -0.496 e. The summed E-state index contributed by atoms with van der Waals surface area (Å²) >= 11 is 1.62. The second-order valence-corrected chi connectivity index (χ2v) is 11.0. The number of aliphatic imine (C=N–C) groups is 1. The van der Waals surface area contributed by atoms with E-state index in [9.17, 15) is 9.59 Å². The van der Waals surface area contributed by atoms with Gasteiger partial charge in [-0.2, -0.15) is 11.3 Å². The molecule has 0 unspecified atom stereocenters. The van der Waals surface area contributed by atoms with E-state index < -0.39 is 0 Å². The lowest BCUT2D eigenvalue weighted by Crippen LogP contribution is -2.25. The molecule has 3 aliphatic rings. The zero-order valence-electron chi connectivity index (χ0n) is 23.4. The fourth-order valence-corrected chi connectivity index (χ4v) is 5.81. The van der Waals surface area contributed by atoms with E-state index in [4.69, 9.17) is 19.2 Å². The summed E-state index contributed by atoms with van der Waals surface area (Å²) in [5.41, 5.74) is 7.72. The number of ketones is 1. The summed E-state index contributed by atoms with van der Waals surface area (Å²) in [5.74, 6) is 1.38. The normalized spacial score (nSPS) is 17.4. The molecular weight excluding hydrogens is 524 g/mol. The molecule has 8 heteroatoms. The van der Waals surface area contributed by atoms with Crippen LogP contribution in [0.15, 0.2) is 62.4 Å². The van der Waals surface area contributed by atoms with Crippen LogP contribution in [0.4, 0.5) is 4.79 Å². The standard InChI is InChI=1S/C32H34N2O5S/c1-5-22(8-6-7-10-34-11-12-38-32(34)36)31(35)30-25-18-39-28-17-27(37-4)23(14-20(2)3)16-24(28)29(25)26(33-30)15-21-9-13-40-19-21/h5,9,13-17,19H,6-8,10-12,18H2,1-4H3/b22-5-,26-15+. The highest BCUT2D eigenvalue weighted by molar-refractivity contribution is 7.08. The molecule has 0 N–H and O–H groups in total. The molecule has 5 rings (SSSR count). The monoisotopic (exact) mass is 558 g/mol. The van der Waals surface area contributed by atoms with Crippen molar-refractivity contribution in [1.82, 2.24) is 4.90 Å². The zero-order valence-corrected chi connectivity index (χ0v) is 24.2. The molecule has 40 heavy (non-hydrogen) atoms. The predicted octanol–water partition coefficient (Wildman–Crippen LogP) is 6.96. The third kappa shape index (κ3) is 5.68. The van der Waals surface area contributed by atoms with Crippen LogP contribution >= 0.6 is 11.3 Å². The number of unbranched alkanes of at least 4 members (excludes halogenated alkanes) is 1. The highest BCUT2D eigenvalue weighted by atomic mass is 32.1. The summed E-state index contributed by atoms with van der Waals surface area (Å²) in [7, 11) is 1.66. The SMILES string of the molecule is C/C=C(/CCCCN1CCOC1=O)C(=O)C1=N/C(=C/c2ccsc2)C2=C1COc1cc(OC)c(C=C(C)C)cc12. The number of amides is 1. The van der Waals surface area contributed by atoms with E-state index in [0.29, 0.717) is 37.6 Å². The molecule has 1 fully saturated rings. The van der Waals surface area contributed by atoms with Crippen LogP contribution in [0.3, 0.4) is 0 Å². The van der Waals surface area contributed by atoms with Gasteiger partial charge in [0.2, 0.25) is 5.78 Å². The lowest BCUT2D eigenvalue weighted by Gasteiger charge is -2.22. The van der Waals surface area contributed by atoms with Crippen LogP contribution in [0.25, 0.3) is 17.7 Å². The summed E-state index contributed by atoms with van der Waals surface area (Å²) in [6, 6.07) is 6.03. The first-order valence-electron chi connectivity index (χ1n) is 13.6. The molecule has 0 radical (unpaired) electrons. The molecule has 1 amide bonds. The van der Waals surface area contributed by atoms with Gasteiger partial charge in [0.15, 0.2) is 0 Å². The minimum absolute atomic E-state index is 0.0746. The third-order valence-electron chi connectivity index (χ3n) is 7.16. The second-order valence-electron chi connectivity index (χ2n) is 10.2. The number of Topliss-reactive ketones (excluding diaryl/α,β-unsaturated/α-hetero) is 1. The van der Waals surface area contributed by atoms with Crippen LogP contribution < -0.4 is 9.47 Å². The Hall–Kier alpha value is -3.91. The van der Waals surface area contributed by atoms with Crippen molar-refractivity contribution in [2.24, 2.45) is 4.99 Å². The highest BCUT2D eigenvalue weighted by Gasteiger charge is 2.35. The van der Waals surface area contributed by atoms with Gasteiger partial charge >= 0.3 is 6.09 Å². The molecule has 0 aliphatic carbocycles. The maximum absolute atomic E-state index is 13.9. The molecule has 4 heterocycles. The quantitative estimate of drug-likeness (QED) is 0.233. The first-order chi connectivity index (χ1) is 19.4. The fraction of sp³-hybridized carbons (Fsp3) is 0.344. The number of allylic oxidation sites excluding steroid dienone is 4. The van der Waals surface area contributed by atoms with Crippen molar-refractivity contribution in [3.05, 3.63) is 74.1 Å². The summed E-state index contributed by atoms with van der Waals surface area (Å²) in [5, 5.41) is 4.10. The van der Waals surface area contributed by atoms with E-state index in [1.54, 1.807) is 23.3 Å². The Morgan fingerprint density at radius 3 is 2.75 bits per heavy atom. The molecule has 1 aromatic carbocycles. The number of ether oxygens (including phenoxy) is 3. The van der Waals surface area contributed by atoms with Crippen LogP contribution in [0, 0.1) is 0 Å². The maximum atomic E-state index is 13.9. The smallest absolute Gasteiger partial charge is 0.409 e. The van der Waals surface area contributed by atoms with Gasteiger partial charge in [0.25, 0.3) is 0 Å². The topological polar surface area (TPSA) is 77.4 Å². The number of cyclic esters (lactones) is 1. The van der Waals surface area contributed by atoms with Gasteiger partial charge in [-0.3, -0.25) is 4.79 Å². The van der Waals surface area contributed by atoms with Crippen molar-refractivity contribution in [3.8, 4) is 11.5 Å². The van der Waals surface area contributed by atoms with Crippen LogP contribution in [-0.4, -0.2) is 55.9 Å². The number of rotatable bonds is 10. The van der Waals surface area contributed by atoms with Crippen molar-refractivity contribution in [1.29, 1.82) is 0 Å². The van der Waals surface area contributed by atoms with Gasteiger partial charge < -0.3 is 19.1 Å². The van der Waals surface area contributed by atoms with Crippen molar-refractivity contribution in [2.75, 3.05) is 33.4 Å². The summed E-state index contributed by atoms with van der Waals surface area (Å²) in [6.45, 7) is 7.96. The summed E-state index contributed by atoms with van der Waals surface area (Å²) < 4.78 is 16.9. The molecule has 0 bridgehead atoms. The zero-order chi connectivity index (χ0) is 28.2. The highest BCUT2D eigenvalue weighted by Crippen LogP contribution is 2.46. The van der Waals surface area contributed by atoms with E-state index in [1.807, 2.05) is 50.4 Å². The number of methoxy groups -OCH3 is 1. The lowest BCUT2D eigenvalue weighted by molar-refractivity contribution is -0.109. The Balaban J connectivity index is 1.46. The molecule has 0 spiro atoms. The molecule has 0 atom stereocenters. The fourth-order valence-electron chi connectivity index (χ4n) is 5.20. The second kappa shape index (κ2) is 12.1. The number of thiophene rings is 1.